The van der Waals surface area contributed by atoms with Crippen molar-refractivity contribution in [3.8, 4) is 35.9 Å². The van der Waals surface area contributed by atoms with Crippen LogP contribution in [0.5, 0.6) is 11.5 Å². The number of hydrogen-bond acceptors (Lipinski definition) is 4. The zero-order valence-electron chi connectivity index (χ0n) is 19.9. The molecule has 0 aromatic heterocycles. The van der Waals surface area contributed by atoms with Crippen LogP contribution in [0.15, 0.2) is 60.7 Å². The van der Waals surface area contributed by atoms with Crippen LogP contribution in [0, 0.1) is 24.4 Å². The van der Waals surface area contributed by atoms with Crippen LogP contribution in [0.25, 0.3) is 0 Å². The summed E-state index contributed by atoms with van der Waals surface area (Å²) in [7, 11) is 0. The minimum atomic E-state index is -1.12. The van der Waals surface area contributed by atoms with E-state index < -0.39 is 11.9 Å². The minimum absolute atomic E-state index is 0.0646. The van der Waals surface area contributed by atoms with Crippen molar-refractivity contribution in [1.29, 1.82) is 0 Å². The van der Waals surface area contributed by atoms with Gasteiger partial charge in [-0.2, -0.15) is 0 Å². The summed E-state index contributed by atoms with van der Waals surface area (Å²) < 4.78 is 10.9. The van der Waals surface area contributed by atoms with E-state index >= 15 is 0 Å². The molecule has 3 aromatic carbocycles. The van der Waals surface area contributed by atoms with Gasteiger partial charge in [-0.25, -0.2) is 9.59 Å². The summed E-state index contributed by atoms with van der Waals surface area (Å²) in [4.78, 5) is 24.1. The van der Waals surface area contributed by atoms with Crippen LogP contribution in [-0.2, 0) is 12.8 Å². The van der Waals surface area contributed by atoms with Crippen molar-refractivity contribution in [2.45, 2.75) is 32.6 Å². The minimum Gasteiger partial charge on any atom is -0.494 e. The second kappa shape index (κ2) is 12.7. The molecule has 0 bridgehead atoms. The van der Waals surface area contributed by atoms with Crippen molar-refractivity contribution < 1.29 is 29.3 Å². The average Bonchev–Trinajstić information content (AvgIpc) is 2.87. The van der Waals surface area contributed by atoms with Crippen LogP contribution in [0.3, 0.4) is 0 Å². The second-order valence-electron chi connectivity index (χ2n) is 8.09. The van der Waals surface area contributed by atoms with E-state index in [1.54, 1.807) is 24.3 Å². The Bertz CT molecular complexity index is 1320. The Morgan fingerprint density at radius 3 is 1.78 bits per heavy atom. The molecule has 0 fully saturated rings. The highest BCUT2D eigenvalue weighted by atomic mass is 16.5. The highest BCUT2D eigenvalue weighted by Crippen LogP contribution is 2.25. The van der Waals surface area contributed by atoms with Gasteiger partial charge in [0.1, 0.15) is 17.6 Å². The summed E-state index contributed by atoms with van der Waals surface area (Å²) in [6.07, 6.45) is 9.95. The quantitative estimate of drug-likeness (QED) is 0.280. The van der Waals surface area contributed by atoms with Crippen LogP contribution in [0.2, 0.25) is 0 Å². The Hall–Kier alpha value is -4.68. The molecule has 6 nitrogen and oxygen atoms in total. The van der Waals surface area contributed by atoms with Gasteiger partial charge in [-0.05, 0) is 83.8 Å². The molecule has 0 amide bonds. The number of carboxylic acids is 2. The number of rotatable bonds is 11. The number of carbonyl (C=O) groups is 2. The van der Waals surface area contributed by atoms with Crippen LogP contribution >= 0.6 is 0 Å². The summed E-state index contributed by atoms with van der Waals surface area (Å²) in [5.41, 5.74) is 2.62. The van der Waals surface area contributed by atoms with Gasteiger partial charge >= 0.3 is 11.9 Å². The Kier molecular flexibility index (Phi) is 9.14. The SMILES string of the molecule is C#CC#COc1ccc(Cc2cc(C(=O)O)c(Cc3ccc(OCCCC)cc3)cc2C(=O)O)cc1. The normalized spacial score (nSPS) is 10.0. The predicted molar refractivity (Wildman–Crippen MR) is 136 cm³/mol. The van der Waals surface area contributed by atoms with Gasteiger partial charge in [-0.3, -0.25) is 0 Å². The van der Waals surface area contributed by atoms with Gasteiger partial charge in [0, 0.05) is 5.92 Å². The molecule has 0 radical (unpaired) electrons. The fourth-order valence-electron chi connectivity index (χ4n) is 3.65. The average molecular weight is 483 g/mol. The first-order valence-electron chi connectivity index (χ1n) is 11.5. The highest BCUT2D eigenvalue weighted by Gasteiger charge is 2.19. The number of carboxylic acid groups (broad SMARTS) is 2. The number of terminal acetylenes is 1. The van der Waals surface area contributed by atoms with Gasteiger partial charge in [0.2, 0.25) is 0 Å². The predicted octanol–water partition coefficient (Wildman–Crippen LogP) is 5.42. The summed E-state index contributed by atoms with van der Waals surface area (Å²) in [6.45, 7) is 2.73. The first-order chi connectivity index (χ1) is 17.4. The summed E-state index contributed by atoms with van der Waals surface area (Å²) >= 11 is 0. The van der Waals surface area contributed by atoms with Crippen molar-refractivity contribution in [2.24, 2.45) is 0 Å². The molecule has 0 atom stereocenters. The molecule has 3 rings (SSSR count). The van der Waals surface area contributed by atoms with Gasteiger partial charge in [0.25, 0.3) is 0 Å². The molecule has 182 valence electrons. The van der Waals surface area contributed by atoms with E-state index in [-0.39, 0.29) is 24.0 Å². The van der Waals surface area contributed by atoms with Crippen molar-refractivity contribution in [1.82, 2.24) is 0 Å². The van der Waals surface area contributed by atoms with Crippen LogP contribution in [0.1, 0.15) is 62.7 Å². The van der Waals surface area contributed by atoms with Gasteiger partial charge in [-0.15, -0.1) is 6.42 Å². The molecule has 0 saturated heterocycles. The second-order valence-corrected chi connectivity index (χ2v) is 8.09. The summed E-state index contributed by atoms with van der Waals surface area (Å²) in [6, 6.07) is 17.2. The third kappa shape index (κ3) is 7.16. The number of benzene rings is 3. The lowest BCUT2D eigenvalue weighted by molar-refractivity contribution is 0.0679. The standard InChI is InChI=1S/C30H26O6/c1-3-5-15-35-25-11-7-21(8-12-25)17-23-19-28(30(33)34)24(20-27(23)29(31)32)18-22-9-13-26(14-10-22)36-16-6-4-2/h1,7-14,19-20H,4,6,16-18H2,2H3,(H,31,32)(H,33,34). The molecule has 0 aliphatic heterocycles. The van der Waals surface area contributed by atoms with Crippen molar-refractivity contribution in [3.63, 3.8) is 0 Å². The summed E-state index contributed by atoms with van der Waals surface area (Å²) in [5.74, 6) is 3.50. The van der Waals surface area contributed by atoms with Gasteiger partial charge in [0.15, 0.2) is 0 Å². The van der Waals surface area contributed by atoms with Crippen LogP contribution in [0.4, 0.5) is 0 Å². The topological polar surface area (TPSA) is 93.1 Å². The number of ether oxygens (including phenoxy) is 2. The van der Waals surface area contributed by atoms with E-state index in [1.807, 2.05) is 24.3 Å². The molecular weight excluding hydrogens is 456 g/mol. The largest absolute Gasteiger partial charge is 0.494 e. The zero-order valence-corrected chi connectivity index (χ0v) is 19.9. The first-order valence-corrected chi connectivity index (χ1v) is 11.5. The Morgan fingerprint density at radius 1 is 0.833 bits per heavy atom. The lowest BCUT2D eigenvalue weighted by Gasteiger charge is -2.14. The van der Waals surface area contributed by atoms with Gasteiger partial charge < -0.3 is 19.7 Å². The lowest BCUT2D eigenvalue weighted by atomic mass is 9.91. The number of hydrogen-bond donors (Lipinski definition) is 2. The molecule has 0 aliphatic carbocycles. The Labute approximate surface area is 210 Å². The van der Waals surface area contributed by atoms with E-state index in [0.717, 1.165) is 29.7 Å². The number of aromatic carboxylic acids is 2. The monoisotopic (exact) mass is 482 g/mol. The van der Waals surface area contributed by atoms with Crippen molar-refractivity contribution in [3.05, 3.63) is 94.0 Å². The van der Waals surface area contributed by atoms with Gasteiger partial charge in [-0.1, -0.05) is 37.6 Å². The smallest absolute Gasteiger partial charge is 0.335 e. The van der Waals surface area contributed by atoms with E-state index in [9.17, 15) is 19.8 Å². The molecule has 6 heteroatoms. The number of unbranched alkanes of at least 4 members (excludes halogenated alkanes) is 1. The maximum Gasteiger partial charge on any atom is 0.335 e. The molecule has 0 heterocycles. The molecule has 36 heavy (non-hydrogen) atoms. The maximum absolute atomic E-state index is 12.1. The molecule has 0 spiro atoms. The zero-order chi connectivity index (χ0) is 25.9. The Morgan fingerprint density at radius 2 is 1.33 bits per heavy atom. The summed E-state index contributed by atoms with van der Waals surface area (Å²) in [5, 5.41) is 19.7. The third-order valence-electron chi connectivity index (χ3n) is 5.48. The van der Waals surface area contributed by atoms with Gasteiger partial charge in [0.05, 0.1) is 17.7 Å². The molecule has 0 unspecified atom stereocenters. The fourth-order valence-corrected chi connectivity index (χ4v) is 3.65. The maximum atomic E-state index is 12.1. The molecule has 0 aliphatic rings. The highest BCUT2D eigenvalue weighted by molar-refractivity contribution is 5.95. The van der Waals surface area contributed by atoms with Crippen LogP contribution in [-0.4, -0.2) is 28.8 Å². The molecular formula is C30H26O6. The lowest BCUT2D eigenvalue weighted by Crippen LogP contribution is -2.11. The molecule has 2 N–H and O–H groups in total. The Balaban J connectivity index is 1.85. The van der Waals surface area contributed by atoms with Crippen LogP contribution < -0.4 is 9.47 Å². The molecule has 3 aromatic rings. The van der Waals surface area contributed by atoms with E-state index in [2.05, 4.69) is 24.9 Å². The van der Waals surface area contributed by atoms with Crippen molar-refractivity contribution in [2.75, 3.05) is 6.61 Å². The van der Waals surface area contributed by atoms with E-state index in [0.29, 0.717) is 23.5 Å². The third-order valence-corrected chi connectivity index (χ3v) is 5.48. The van der Waals surface area contributed by atoms with E-state index in [4.69, 9.17) is 15.9 Å². The molecule has 0 saturated carbocycles. The van der Waals surface area contributed by atoms with Crippen molar-refractivity contribution >= 4 is 11.9 Å². The van der Waals surface area contributed by atoms with E-state index in [1.165, 1.54) is 12.1 Å². The first kappa shape index (κ1) is 25.9. The fraction of sp³-hybridized carbons (Fsp3) is 0.200.